The smallest absolute Gasteiger partial charge is 0.315 e. The number of likely N-dealkylation sites (tertiary alicyclic amines) is 1. The van der Waals surface area contributed by atoms with Gasteiger partial charge >= 0.3 is 6.03 Å². The highest BCUT2D eigenvalue weighted by Crippen LogP contribution is 2.18. The molecule has 3 amide bonds. The second kappa shape index (κ2) is 6.20. The highest BCUT2D eigenvalue weighted by Gasteiger charge is 2.39. The van der Waals surface area contributed by atoms with Gasteiger partial charge in [0.15, 0.2) is 0 Å². The Labute approximate surface area is 112 Å². The van der Waals surface area contributed by atoms with E-state index in [1.165, 1.54) is 0 Å². The maximum atomic E-state index is 11.7. The van der Waals surface area contributed by atoms with Crippen molar-refractivity contribution < 1.29 is 18.0 Å². The van der Waals surface area contributed by atoms with E-state index in [4.69, 9.17) is 11.5 Å². The van der Waals surface area contributed by atoms with Crippen LogP contribution in [0.25, 0.3) is 0 Å². The Bertz CT molecular complexity index is 428. The number of sulfonamides is 1. The first-order chi connectivity index (χ1) is 8.76. The van der Waals surface area contributed by atoms with Crippen molar-refractivity contribution in [2.24, 2.45) is 11.5 Å². The molecule has 0 aromatic heterocycles. The fourth-order valence-corrected chi connectivity index (χ4v) is 3.55. The van der Waals surface area contributed by atoms with E-state index in [9.17, 15) is 18.0 Å². The summed E-state index contributed by atoms with van der Waals surface area (Å²) in [4.78, 5) is 23.5. The van der Waals surface area contributed by atoms with Gasteiger partial charge in [0.1, 0.15) is 6.04 Å². The molecule has 110 valence electrons. The third-order valence-electron chi connectivity index (χ3n) is 3.03. The van der Waals surface area contributed by atoms with Crippen LogP contribution in [0.2, 0.25) is 0 Å². The van der Waals surface area contributed by atoms with Gasteiger partial charge in [-0.1, -0.05) is 13.3 Å². The number of urea groups is 1. The summed E-state index contributed by atoms with van der Waals surface area (Å²) in [5.41, 5.74) is 10.3. The number of nitrogens with zero attached hydrogens (tertiary/aromatic N) is 1. The number of hydrogen-bond donors (Lipinski definition) is 3. The van der Waals surface area contributed by atoms with E-state index in [1.54, 1.807) is 0 Å². The minimum absolute atomic E-state index is 0.0256. The molecular formula is C10H20N4O4S. The molecular weight excluding hydrogens is 272 g/mol. The summed E-state index contributed by atoms with van der Waals surface area (Å²) in [6, 6.07) is -2.15. The Kier molecular flexibility index (Phi) is 5.12. The second-order valence-corrected chi connectivity index (χ2v) is 6.51. The first-order valence-corrected chi connectivity index (χ1v) is 7.77. The maximum absolute atomic E-state index is 11.7. The molecule has 2 atom stereocenters. The number of primary amides is 2. The summed E-state index contributed by atoms with van der Waals surface area (Å²) >= 11 is 0. The Morgan fingerprint density at radius 3 is 2.42 bits per heavy atom. The van der Waals surface area contributed by atoms with Gasteiger partial charge in [-0.3, -0.25) is 4.79 Å². The lowest BCUT2D eigenvalue weighted by Gasteiger charge is -2.18. The van der Waals surface area contributed by atoms with Crippen LogP contribution in [0.1, 0.15) is 26.2 Å². The number of rotatable bonds is 6. The maximum Gasteiger partial charge on any atom is 0.315 e. The van der Waals surface area contributed by atoms with Crippen LogP contribution in [0.5, 0.6) is 0 Å². The predicted molar refractivity (Wildman–Crippen MR) is 69.5 cm³/mol. The lowest BCUT2D eigenvalue weighted by atomic mass is 10.2. The second-order valence-electron chi connectivity index (χ2n) is 4.63. The van der Waals surface area contributed by atoms with Gasteiger partial charge in [0.05, 0.1) is 5.75 Å². The Morgan fingerprint density at radius 2 is 2.00 bits per heavy atom. The molecule has 0 radical (unpaired) electrons. The topological polar surface area (TPSA) is 136 Å². The normalized spacial score (nSPS) is 23.5. The highest BCUT2D eigenvalue weighted by molar-refractivity contribution is 7.89. The largest absolute Gasteiger partial charge is 0.368 e. The Hall–Kier alpha value is -1.35. The summed E-state index contributed by atoms with van der Waals surface area (Å²) in [7, 11) is -3.41. The van der Waals surface area contributed by atoms with Crippen LogP contribution >= 0.6 is 0 Å². The molecule has 1 aliphatic rings. The molecule has 0 spiro atoms. The molecule has 9 heteroatoms. The first kappa shape index (κ1) is 15.7. The fourth-order valence-electron chi connectivity index (χ4n) is 2.08. The van der Waals surface area contributed by atoms with E-state index in [1.807, 2.05) is 6.92 Å². The van der Waals surface area contributed by atoms with E-state index < -0.39 is 34.0 Å². The average molecular weight is 292 g/mol. The molecule has 1 aliphatic heterocycles. The molecule has 1 fully saturated rings. The molecule has 0 aromatic rings. The molecule has 0 saturated carbocycles. The number of hydrogen-bond acceptors (Lipinski definition) is 4. The summed E-state index contributed by atoms with van der Waals surface area (Å²) in [5.74, 6) is -0.660. The number of nitrogens with one attached hydrogen (secondary N) is 1. The summed E-state index contributed by atoms with van der Waals surface area (Å²) in [6.07, 6.45) is 1.48. The van der Waals surface area contributed by atoms with Crippen LogP contribution in [0, 0.1) is 0 Å². The van der Waals surface area contributed by atoms with Gasteiger partial charge in [0.2, 0.25) is 15.9 Å². The summed E-state index contributed by atoms with van der Waals surface area (Å²) in [6.45, 7) is 1.96. The number of unbranched alkanes of at least 4 members (excludes halogenated alkanes) is 1. The van der Waals surface area contributed by atoms with Crippen molar-refractivity contribution in [3.8, 4) is 0 Å². The fraction of sp³-hybridized carbons (Fsp3) is 0.800. The molecule has 0 aromatic carbocycles. The highest BCUT2D eigenvalue weighted by atomic mass is 32.2. The van der Waals surface area contributed by atoms with Crippen molar-refractivity contribution in [3.05, 3.63) is 0 Å². The summed E-state index contributed by atoms with van der Waals surface area (Å²) in [5, 5.41) is 0. The molecule has 1 heterocycles. The van der Waals surface area contributed by atoms with E-state index >= 15 is 0 Å². The third kappa shape index (κ3) is 4.35. The number of carbonyl (C=O) groups excluding carboxylic acids is 2. The lowest BCUT2D eigenvalue weighted by Crippen LogP contribution is -2.46. The van der Waals surface area contributed by atoms with Crippen molar-refractivity contribution >= 4 is 22.0 Å². The summed E-state index contributed by atoms with van der Waals surface area (Å²) < 4.78 is 25.9. The van der Waals surface area contributed by atoms with Crippen molar-refractivity contribution in [3.63, 3.8) is 0 Å². The Balaban J connectivity index is 2.68. The predicted octanol–water partition coefficient (Wildman–Crippen LogP) is -1.29. The van der Waals surface area contributed by atoms with Crippen molar-refractivity contribution in [1.29, 1.82) is 0 Å². The molecule has 8 nitrogen and oxygen atoms in total. The van der Waals surface area contributed by atoms with Gasteiger partial charge in [0, 0.05) is 12.6 Å². The van der Waals surface area contributed by atoms with Gasteiger partial charge in [-0.15, -0.1) is 0 Å². The number of carbonyl (C=O) groups is 2. The molecule has 19 heavy (non-hydrogen) atoms. The SMILES string of the molecule is CCCCS(=O)(=O)NC1CC(C(N)=O)N(C(N)=O)C1. The van der Waals surface area contributed by atoms with Gasteiger partial charge in [-0.25, -0.2) is 17.9 Å². The van der Waals surface area contributed by atoms with Crippen LogP contribution in [0.3, 0.4) is 0 Å². The zero-order chi connectivity index (χ0) is 14.6. The quantitative estimate of drug-likeness (QED) is 0.561. The van der Waals surface area contributed by atoms with Crippen LogP contribution in [0.4, 0.5) is 4.79 Å². The van der Waals surface area contributed by atoms with Crippen molar-refractivity contribution in [2.45, 2.75) is 38.3 Å². The van der Waals surface area contributed by atoms with Crippen LogP contribution < -0.4 is 16.2 Å². The zero-order valence-corrected chi connectivity index (χ0v) is 11.6. The van der Waals surface area contributed by atoms with E-state index in [-0.39, 0.29) is 18.7 Å². The van der Waals surface area contributed by atoms with E-state index in [0.717, 1.165) is 11.3 Å². The molecule has 2 unspecified atom stereocenters. The number of nitrogens with two attached hydrogens (primary N) is 2. The minimum Gasteiger partial charge on any atom is -0.368 e. The zero-order valence-electron chi connectivity index (χ0n) is 10.8. The van der Waals surface area contributed by atoms with Gasteiger partial charge in [0.25, 0.3) is 0 Å². The van der Waals surface area contributed by atoms with Crippen LogP contribution in [-0.4, -0.2) is 49.6 Å². The Morgan fingerprint density at radius 1 is 1.37 bits per heavy atom. The number of amides is 3. The molecule has 0 bridgehead atoms. The molecule has 0 aliphatic carbocycles. The minimum atomic E-state index is -3.41. The van der Waals surface area contributed by atoms with Crippen LogP contribution in [0.15, 0.2) is 0 Å². The lowest BCUT2D eigenvalue weighted by molar-refractivity contribution is -0.121. The molecule has 1 saturated heterocycles. The first-order valence-electron chi connectivity index (χ1n) is 6.12. The van der Waals surface area contributed by atoms with Gasteiger partial charge in [-0.2, -0.15) is 0 Å². The van der Waals surface area contributed by atoms with Crippen molar-refractivity contribution in [2.75, 3.05) is 12.3 Å². The van der Waals surface area contributed by atoms with Crippen molar-refractivity contribution in [1.82, 2.24) is 9.62 Å². The van der Waals surface area contributed by atoms with Gasteiger partial charge in [-0.05, 0) is 12.8 Å². The van der Waals surface area contributed by atoms with E-state index in [2.05, 4.69) is 4.72 Å². The standard InChI is InChI=1S/C10H20N4O4S/c1-2-3-4-19(17,18)13-7-5-8(9(11)15)14(6-7)10(12)16/h7-8,13H,2-6H2,1H3,(H2,11,15)(H2,12,16). The average Bonchev–Trinajstić information content (AvgIpc) is 2.70. The third-order valence-corrected chi connectivity index (χ3v) is 4.54. The molecule has 1 rings (SSSR count). The molecule has 5 N–H and O–H groups in total. The van der Waals surface area contributed by atoms with E-state index in [0.29, 0.717) is 6.42 Å². The van der Waals surface area contributed by atoms with Gasteiger partial charge < -0.3 is 16.4 Å². The monoisotopic (exact) mass is 292 g/mol. The van der Waals surface area contributed by atoms with Crippen LogP contribution in [-0.2, 0) is 14.8 Å².